The highest BCUT2D eigenvalue weighted by molar-refractivity contribution is 5.80. The van der Waals surface area contributed by atoms with E-state index >= 15 is 0 Å². The molecule has 210 valence electrons. The Balaban J connectivity index is 1.36. The number of ether oxygens (including phenoxy) is 1. The molecule has 0 bridgehead atoms. The fraction of sp³-hybridized carbons (Fsp3) is 0.467. The average molecular weight is 546 g/mol. The summed E-state index contributed by atoms with van der Waals surface area (Å²) in [4.78, 5) is 21.6. The highest BCUT2D eigenvalue weighted by Gasteiger charge is 2.34. The molecule has 2 aromatic carbocycles. The maximum atomic E-state index is 13.6. The molecule has 4 aromatic rings. The van der Waals surface area contributed by atoms with Crippen LogP contribution in [-0.2, 0) is 6.54 Å². The van der Waals surface area contributed by atoms with Crippen LogP contribution in [0.1, 0.15) is 62.0 Å². The maximum absolute atomic E-state index is 13.6. The molecule has 1 N–H and O–H groups in total. The Kier molecular flexibility index (Phi) is 7.88. The molecule has 1 aliphatic carbocycles. The van der Waals surface area contributed by atoms with E-state index in [9.17, 15) is 9.18 Å². The quantitative estimate of drug-likeness (QED) is 0.356. The van der Waals surface area contributed by atoms with Gasteiger partial charge in [0.05, 0.1) is 13.2 Å². The van der Waals surface area contributed by atoms with Gasteiger partial charge >= 0.3 is 0 Å². The fourth-order valence-electron chi connectivity index (χ4n) is 6.25. The summed E-state index contributed by atoms with van der Waals surface area (Å²) >= 11 is 0. The first kappa shape index (κ1) is 26.6. The third-order valence-corrected chi connectivity index (χ3v) is 8.30. The van der Waals surface area contributed by atoms with Crippen LogP contribution in [-0.4, -0.2) is 73.8 Å². The summed E-state index contributed by atoms with van der Waals surface area (Å²) in [7, 11) is 0. The van der Waals surface area contributed by atoms with E-state index in [1.165, 1.54) is 44.2 Å². The Morgan fingerprint density at radius 2 is 1.80 bits per heavy atom. The van der Waals surface area contributed by atoms with Crippen molar-refractivity contribution in [2.45, 2.75) is 57.7 Å². The fourth-order valence-corrected chi connectivity index (χ4v) is 6.25. The summed E-state index contributed by atoms with van der Waals surface area (Å²) in [5.41, 5.74) is 2.07. The lowest BCUT2D eigenvalue weighted by molar-refractivity contribution is 0.0618. The van der Waals surface area contributed by atoms with Crippen LogP contribution in [0.3, 0.4) is 0 Å². The van der Waals surface area contributed by atoms with E-state index in [0.29, 0.717) is 30.6 Å². The number of nitrogens with one attached hydrogen (secondary N) is 1. The molecule has 1 saturated carbocycles. The van der Waals surface area contributed by atoms with Gasteiger partial charge in [-0.3, -0.25) is 14.6 Å². The molecule has 9 nitrogen and oxygen atoms in total. The lowest BCUT2D eigenvalue weighted by atomic mass is 9.93. The molecular formula is C30H36FN7O2. The number of nitrogens with zero attached hydrogens (tertiary/aromatic N) is 6. The van der Waals surface area contributed by atoms with Crippen molar-refractivity contribution < 1.29 is 9.13 Å². The molecule has 1 atom stereocenters. The van der Waals surface area contributed by atoms with Crippen LogP contribution in [0.5, 0.6) is 5.75 Å². The van der Waals surface area contributed by atoms with Gasteiger partial charge in [0.25, 0.3) is 5.56 Å². The number of pyridine rings is 1. The third-order valence-electron chi connectivity index (χ3n) is 8.30. The molecule has 1 saturated heterocycles. The number of hydrogen-bond acceptors (Lipinski definition) is 7. The molecular weight excluding hydrogens is 509 g/mol. The smallest absolute Gasteiger partial charge is 0.253 e. The number of fused-ring (bicyclic) bond motifs is 1. The van der Waals surface area contributed by atoms with Gasteiger partial charge in [0.2, 0.25) is 0 Å². The first-order chi connectivity index (χ1) is 19.6. The van der Waals surface area contributed by atoms with Gasteiger partial charge < -0.3 is 9.72 Å². The number of H-pyrrole nitrogens is 1. The normalized spacial score (nSPS) is 18.2. The topological polar surface area (TPSA) is 92.2 Å². The van der Waals surface area contributed by atoms with Crippen molar-refractivity contribution in [3.63, 3.8) is 0 Å². The van der Waals surface area contributed by atoms with Gasteiger partial charge in [-0.05, 0) is 72.2 Å². The zero-order valence-corrected chi connectivity index (χ0v) is 22.9. The molecule has 2 fully saturated rings. The molecule has 2 aromatic heterocycles. The summed E-state index contributed by atoms with van der Waals surface area (Å²) in [5, 5.41) is 13.6. The van der Waals surface area contributed by atoms with Gasteiger partial charge in [0.1, 0.15) is 17.6 Å². The Hall–Kier alpha value is -3.63. The van der Waals surface area contributed by atoms with E-state index in [-0.39, 0.29) is 11.4 Å². The van der Waals surface area contributed by atoms with E-state index in [4.69, 9.17) is 4.74 Å². The number of aromatic nitrogens is 5. The van der Waals surface area contributed by atoms with Crippen LogP contribution < -0.4 is 10.3 Å². The predicted octanol–water partition coefficient (Wildman–Crippen LogP) is 4.14. The molecule has 10 heteroatoms. The van der Waals surface area contributed by atoms with E-state index in [1.807, 2.05) is 31.2 Å². The average Bonchev–Trinajstić information content (AvgIpc) is 3.43. The number of piperazine rings is 1. The van der Waals surface area contributed by atoms with Gasteiger partial charge in [0.15, 0.2) is 5.82 Å². The van der Waals surface area contributed by atoms with E-state index < -0.39 is 6.04 Å². The van der Waals surface area contributed by atoms with Crippen LogP contribution in [0.25, 0.3) is 10.9 Å². The van der Waals surface area contributed by atoms with Crippen molar-refractivity contribution >= 4 is 10.9 Å². The number of aromatic amines is 1. The molecule has 2 aliphatic rings. The molecule has 0 radical (unpaired) electrons. The number of halogens is 1. The number of benzene rings is 2. The Labute approximate surface area is 232 Å². The summed E-state index contributed by atoms with van der Waals surface area (Å²) in [6, 6.07) is 14.2. The highest BCUT2D eigenvalue weighted by Crippen LogP contribution is 2.31. The van der Waals surface area contributed by atoms with Crippen molar-refractivity contribution in [3.8, 4) is 5.75 Å². The molecule has 6 rings (SSSR count). The van der Waals surface area contributed by atoms with Crippen LogP contribution >= 0.6 is 0 Å². The predicted molar refractivity (Wildman–Crippen MR) is 151 cm³/mol. The summed E-state index contributed by atoms with van der Waals surface area (Å²) in [5.74, 6) is 1.07. The SMILES string of the molecule is CCOc1ccc2[nH]c(=O)c([C@@H](c3nnnn3Cc3ccc(F)cc3)N3CCN(C4CCCCC4)CC3)cc2c1. The van der Waals surface area contributed by atoms with Crippen molar-refractivity contribution in [2.24, 2.45) is 0 Å². The molecule has 3 heterocycles. The second kappa shape index (κ2) is 11.9. The van der Waals surface area contributed by atoms with Crippen LogP contribution in [0, 0.1) is 5.82 Å². The van der Waals surface area contributed by atoms with Gasteiger partial charge in [-0.25, -0.2) is 9.07 Å². The first-order valence-electron chi connectivity index (χ1n) is 14.4. The van der Waals surface area contributed by atoms with Crippen molar-refractivity contribution in [3.05, 3.63) is 81.7 Å². The number of hydrogen-bond donors (Lipinski definition) is 1. The zero-order valence-electron chi connectivity index (χ0n) is 22.9. The summed E-state index contributed by atoms with van der Waals surface area (Å²) < 4.78 is 21.0. The van der Waals surface area contributed by atoms with Crippen LogP contribution in [0.4, 0.5) is 4.39 Å². The Bertz CT molecular complexity index is 1490. The van der Waals surface area contributed by atoms with Gasteiger partial charge in [-0.2, -0.15) is 0 Å². The van der Waals surface area contributed by atoms with Crippen molar-refractivity contribution in [1.82, 2.24) is 35.0 Å². The summed E-state index contributed by atoms with van der Waals surface area (Å²) in [6.07, 6.45) is 6.49. The van der Waals surface area contributed by atoms with Gasteiger partial charge in [0, 0.05) is 48.7 Å². The van der Waals surface area contributed by atoms with Crippen molar-refractivity contribution in [2.75, 3.05) is 32.8 Å². The zero-order chi connectivity index (χ0) is 27.5. The monoisotopic (exact) mass is 545 g/mol. The largest absolute Gasteiger partial charge is 0.494 e. The molecule has 0 unspecified atom stereocenters. The van der Waals surface area contributed by atoms with E-state index in [1.54, 1.807) is 16.8 Å². The summed E-state index contributed by atoms with van der Waals surface area (Å²) in [6.45, 7) is 6.39. The minimum absolute atomic E-state index is 0.160. The standard InChI is InChI=1S/C30H36FN7O2/c1-2-40-25-12-13-27-22(18-25)19-26(30(39)32-27)28(37-16-14-36(15-17-37)24-6-4-3-5-7-24)29-33-34-35-38(29)20-21-8-10-23(31)11-9-21/h8-13,18-19,24,28H,2-7,14-17,20H2,1H3,(H,32,39)/t28-/m0/s1. The Morgan fingerprint density at radius 1 is 1.02 bits per heavy atom. The lowest BCUT2D eigenvalue weighted by Crippen LogP contribution is -2.52. The molecule has 0 amide bonds. The molecule has 1 aliphatic heterocycles. The third kappa shape index (κ3) is 5.64. The minimum atomic E-state index is -0.437. The lowest BCUT2D eigenvalue weighted by Gasteiger charge is -2.43. The number of rotatable bonds is 8. The first-order valence-corrected chi connectivity index (χ1v) is 14.4. The second-order valence-electron chi connectivity index (χ2n) is 10.8. The number of tetrazole rings is 1. The highest BCUT2D eigenvalue weighted by atomic mass is 19.1. The minimum Gasteiger partial charge on any atom is -0.494 e. The second-order valence-corrected chi connectivity index (χ2v) is 10.8. The maximum Gasteiger partial charge on any atom is 0.253 e. The van der Waals surface area contributed by atoms with Gasteiger partial charge in [-0.15, -0.1) is 5.10 Å². The van der Waals surface area contributed by atoms with E-state index in [2.05, 4.69) is 30.3 Å². The van der Waals surface area contributed by atoms with Gasteiger partial charge in [-0.1, -0.05) is 31.4 Å². The molecule has 0 spiro atoms. The molecule has 40 heavy (non-hydrogen) atoms. The van der Waals surface area contributed by atoms with Crippen LogP contribution in [0.15, 0.2) is 53.3 Å². The Morgan fingerprint density at radius 3 is 2.55 bits per heavy atom. The van der Waals surface area contributed by atoms with E-state index in [0.717, 1.165) is 48.4 Å². The van der Waals surface area contributed by atoms with Crippen molar-refractivity contribution in [1.29, 1.82) is 0 Å². The van der Waals surface area contributed by atoms with Crippen LogP contribution in [0.2, 0.25) is 0 Å².